The van der Waals surface area contributed by atoms with Crippen molar-refractivity contribution < 1.29 is 19.1 Å². The molecule has 2 N–H and O–H groups in total. The van der Waals surface area contributed by atoms with E-state index in [1.165, 1.54) is 0 Å². The maximum atomic E-state index is 11.5. The van der Waals surface area contributed by atoms with Gasteiger partial charge in [-0.3, -0.25) is 4.79 Å². The molecule has 0 unspecified atom stereocenters. The molecule has 0 aromatic heterocycles. The summed E-state index contributed by atoms with van der Waals surface area (Å²) in [6, 6.07) is 9.52. The van der Waals surface area contributed by atoms with Crippen LogP contribution in [0.5, 0.6) is 0 Å². The van der Waals surface area contributed by atoms with Gasteiger partial charge < -0.3 is 20.1 Å². The Morgan fingerprint density at radius 2 is 1.82 bits per heavy atom. The molecule has 0 heterocycles. The smallest absolute Gasteiger partial charge is 0.407 e. The van der Waals surface area contributed by atoms with Crippen molar-refractivity contribution in [1.29, 1.82) is 0 Å². The van der Waals surface area contributed by atoms with E-state index in [4.69, 9.17) is 9.47 Å². The summed E-state index contributed by atoms with van der Waals surface area (Å²) in [5, 5.41) is 5.79. The number of rotatable bonds is 10. The molecule has 0 aliphatic rings. The summed E-state index contributed by atoms with van der Waals surface area (Å²) >= 11 is 0. The molecule has 6 heteroatoms. The minimum Gasteiger partial charge on any atom is -0.466 e. The third-order valence-corrected chi connectivity index (χ3v) is 2.82. The van der Waals surface area contributed by atoms with E-state index in [1.54, 1.807) is 6.92 Å². The van der Waals surface area contributed by atoms with Crippen LogP contribution in [0, 0.1) is 0 Å². The molecule has 0 saturated heterocycles. The number of amides is 1. The molecule has 1 aromatic rings. The first-order valence-electron chi connectivity index (χ1n) is 7.53. The Kier molecular flexibility index (Phi) is 9.45. The molecule has 0 fully saturated rings. The fourth-order valence-electron chi connectivity index (χ4n) is 1.73. The van der Waals surface area contributed by atoms with Gasteiger partial charge in [0, 0.05) is 13.1 Å². The van der Waals surface area contributed by atoms with Crippen molar-refractivity contribution >= 4 is 12.1 Å². The fraction of sp³-hybridized carbons (Fsp3) is 0.500. The normalized spacial score (nSPS) is 10.0. The number of nitrogens with one attached hydrogen (secondary N) is 2. The van der Waals surface area contributed by atoms with Crippen molar-refractivity contribution in [3.05, 3.63) is 35.9 Å². The Bertz CT molecular complexity index is 437. The quantitative estimate of drug-likeness (QED) is 0.509. The second-order valence-corrected chi connectivity index (χ2v) is 4.65. The van der Waals surface area contributed by atoms with E-state index < -0.39 is 6.09 Å². The van der Waals surface area contributed by atoms with Crippen LogP contribution in [0.1, 0.15) is 25.3 Å². The average Bonchev–Trinajstić information content (AvgIpc) is 2.53. The fourth-order valence-corrected chi connectivity index (χ4v) is 1.73. The first-order chi connectivity index (χ1) is 10.7. The highest BCUT2D eigenvalue weighted by atomic mass is 16.5. The summed E-state index contributed by atoms with van der Waals surface area (Å²) in [5.74, 6) is -0.197. The van der Waals surface area contributed by atoms with Gasteiger partial charge in [0.25, 0.3) is 0 Å². The minimum absolute atomic E-state index is 0.197. The Labute approximate surface area is 131 Å². The third kappa shape index (κ3) is 8.97. The van der Waals surface area contributed by atoms with Crippen molar-refractivity contribution in [1.82, 2.24) is 10.6 Å². The lowest BCUT2D eigenvalue weighted by Crippen LogP contribution is -2.28. The molecule has 0 bridgehead atoms. The van der Waals surface area contributed by atoms with Gasteiger partial charge in [-0.1, -0.05) is 30.3 Å². The van der Waals surface area contributed by atoms with Crippen LogP contribution in [0.25, 0.3) is 0 Å². The number of ether oxygens (including phenoxy) is 2. The minimum atomic E-state index is -0.421. The lowest BCUT2D eigenvalue weighted by Gasteiger charge is -2.07. The molecule has 6 nitrogen and oxygen atoms in total. The van der Waals surface area contributed by atoms with Crippen molar-refractivity contribution in [3.63, 3.8) is 0 Å². The number of benzene rings is 1. The first kappa shape index (κ1) is 18.0. The number of hydrogen-bond acceptors (Lipinski definition) is 5. The van der Waals surface area contributed by atoms with Crippen LogP contribution < -0.4 is 10.6 Å². The highest BCUT2D eigenvalue weighted by Gasteiger charge is 2.02. The van der Waals surface area contributed by atoms with Gasteiger partial charge in [0.1, 0.15) is 6.61 Å². The van der Waals surface area contributed by atoms with Crippen molar-refractivity contribution in [2.75, 3.05) is 26.2 Å². The van der Waals surface area contributed by atoms with Gasteiger partial charge >= 0.3 is 12.1 Å². The SMILES string of the molecule is CCOC(=O)CCNCCCNC(=O)OCc1ccccc1. The maximum Gasteiger partial charge on any atom is 0.407 e. The number of carbonyl (C=O) groups is 2. The Morgan fingerprint density at radius 3 is 2.55 bits per heavy atom. The van der Waals surface area contributed by atoms with Crippen LogP contribution in [0.2, 0.25) is 0 Å². The standard InChI is InChI=1S/C16H24N2O4/c1-2-21-15(19)9-12-17-10-6-11-18-16(20)22-13-14-7-4-3-5-8-14/h3-5,7-8,17H,2,6,9-13H2,1H3,(H,18,20). The number of carbonyl (C=O) groups excluding carboxylic acids is 2. The second-order valence-electron chi connectivity index (χ2n) is 4.65. The number of alkyl carbamates (subject to hydrolysis) is 1. The molecule has 0 aliphatic carbocycles. The monoisotopic (exact) mass is 308 g/mol. The van der Waals surface area contributed by atoms with Gasteiger partial charge in [-0.15, -0.1) is 0 Å². The second kappa shape index (κ2) is 11.6. The summed E-state index contributed by atoms with van der Waals surface area (Å²) in [6.45, 7) is 4.29. The summed E-state index contributed by atoms with van der Waals surface area (Å²) in [7, 11) is 0. The van der Waals surface area contributed by atoms with Gasteiger partial charge in [0.2, 0.25) is 0 Å². The summed E-state index contributed by atoms with van der Waals surface area (Å²) < 4.78 is 9.89. The molecule has 122 valence electrons. The molecule has 1 rings (SSSR count). The van der Waals surface area contributed by atoms with E-state index in [0.29, 0.717) is 26.1 Å². The number of hydrogen-bond donors (Lipinski definition) is 2. The van der Waals surface area contributed by atoms with Gasteiger partial charge in [-0.05, 0) is 25.5 Å². The van der Waals surface area contributed by atoms with Crippen molar-refractivity contribution in [3.8, 4) is 0 Å². The van der Waals surface area contributed by atoms with Crippen LogP contribution in [-0.2, 0) is 20.9 Å². The summed E-state index contributed by atoms with van der Waals surface area (Å²) in [5.41, 5.74) is 0.957. The van der Waals surface area contributed by atoms with E-state index in [2.05, 4.69) is 10.6 Å². The van der Waals surface area contributed by atoms with Gasteiger partial charge in [0.15, 0.2) is 0 Å². The van der Waals surface area contributed by atoms with Crippen LogP contribution in [0.3, 0.4) is 0 Å². The van der Waals surface area contributed by atoms with Gasteiger partial charge in [-0.25, -0.2) is 4.79 Å². The average molecular weight is 308 g/mol. The Morgan fingerprint density at radius 1 is 1.05 bits per heavy atom. The zero-order valence-electron chi connectivity index (χ0n) is 13.0. The Balaban J connectivity index is 1.94. The molecule has 0 radical (unpaired) electrons. The highest BCUT2D eigenvalue weighted by Crippen LogP contribution is 2.00. The van der Waals surface area contributed by atoms with Gasteiger partial charge in [-0.2, -0.15) is 0 Å². The summed E-state index contributed by atoms with van der Waals surface area (Å²) in [6.07, 6.45) is 0.708. The predicted octanol–water partition coefficient (Wildman–Crippen LogP) is 1.85. The Hall–Kier alpha value is -2.08. The highest BCUT2D eigenvalue weighted by molar-refractivity contribution is 5.69. The third-order valence-electron chi connectivity index (χ3n) is 2.82. The van der Waals surface area contributed by atoms with E-state index in [0.717, 1.165) is 18.5 Å². The molecular weight excluding hydrogens is 284 g/mol. The molecule has 0 saturated carbocycles. The van der Waals surface area contributed by atoms with Crippen molar-refractivity contribution in [2.45, 2.75) is 26.4 Å². The molecule has 0 atom stereocenters. The van der Waals surface area contributed by atoms with Crippen LogP contribution in [0.4, 0.5) is 4.79 Å². The lowest BCUT2D eigenvalue weighted by atomic mass is 10.2. The number of esters is 1. The molecule has 1 amide bonds. The maximum absolute atomic E-state index is 11.5. The molecule has 1 aromatic carbocycles. The molecule has 0 aliphatic heterocycles. The van der Waals surface area contributed by atoms with Crippen LogP contribution in [-0.4, -0.2) is 38.3 Å². The molecular formula is C16H24N2O4. The zero-order chi connectivity index (χ0) is 16.0. The first-order valence-corrected chi connectivity index (χ1v) is 7.53. The zero-order valence-corrected chi connectivity index (χ0v) is 13.0. The van der Waals surface area contributed by atoms with E-state index in [-0.39, 0.29) is 12.6 Å². The summed E-state index contributed by atoms with van der Waals surface area (Å²) in [4.78, 5) is 22.5. The molecule has 0 spiro atoms. The van der Waals surface area contributed by atoms with Crippen LogP contribution >= 0.6 is 0 Å². The molecule has 22 heavy (non-hydrogen) atoms. The lowest BCUT2D eigenvalue weighted by molar-refractivity contribution is -0.142. The van der Waals surface area contributed by atoms with E-state index in [1.807, 2.05) is 30.3 Å². The predicted molar refractivity (Wildman–Crippen MR) is 83.4 cm³/mol. The largest absolute Gasteiger partial charge is 0.466 e. The van der Waals surface area contributed by atoms with E-state index >= 15 is 0 Å². The van der Waals surface area contributed by atoms with Gasteiger partial charge in [0.05, 0.1) is 13.0 Å². The van der Waals surface area contributed by atoms with E-state index in [9.17, 15) is 9.59 Å². The topological polar surface area (TPSA) is 76.7 Å². The van der Waals surface area contributed by atoms with Crippen LogP contribution in [0.15, 0.2) is 30.3 Å². The van der Waals surface area contributed by atoms with Crippen molar-refractivity contribution in [2.24, 2.45) is 0 Å².